The Balaban J connectivity index is 2.96. The number of aliphatic hydroxyl groups excluding tert-OH is 1. The highest BCUT2D eigenvalue weighted by molar-refractivity contribution is 7.80. The van der Waals surface area contributed by atoms with Crippen LogP contribution in [0.25, 0.3) is 0 Å². The van der Waals surface area contributed by atoms with Crippen molar-refractivity contribution in [2.24, 2.45) is 5.73 Å². The molecule has 0 aliphatic heterocycles. The summed E-state index contributed by atoms with van der Waals surface area (Å²) in [4.78, 5) is 1.68. The van der Waals surface area contributed by atoms with Gasteiger partial charge in [-0.1, -0.05) is 12.2 Å². The monoisotopic (exact) mass is 304 g/mol. The predicted octanol–water partition coefficient (Wildman–Crippen LogP) is 1.39. The van der Waals surface area contributed by atoms with Crippen LogP contribution in [0.4, 0.5) is 8.78 Å². The predicted molar refractivity (Wildman–Crippen MR) is 77.2 cm³/mol. The number of rotatable bonds is 8. The summed E-state index contributed by atoms with van der Waals surface area (Å²) < 4.78 is 30.2. The quantitative estimate of drug-likeness (QED) is 0.711. The highest BCUT2D eigenvalue weighted by Gasteiger charge is 2.15. The lowest BCUT2D eigenvalue weighted by Gasteiger charge is -2.22. The summed E-state index contributed by atoms with van der Waals surface area (Å²) in [6, 6.07) is 5.13. The molecule has 0 radical (unpaired) electrons. The van der Waals surface area contributed by atoms with Gasteiger partial charge in [0, 0.05) is 24.2 Å². The lowest BCUT2D eigenvalue weighted by atomic mass is 10.1. The molecule has 0 saturated carbocycles. The second-order valence-corrected chi connectivity index (χ2v) is 4.68. The van der Waals surface area contributed by atoms with Crippen molar-refractivity contribution in [3.05, 3.63) is 29.3 Å². The number of aliphatic hydroxyl groups is 1. The van der Waals surface area contributed by atoms with E-state index in [1.54, 1.807) is 18.2 Å². The molecule has 7 heteroatoms. The van der Waals surface area contributed by atoms with E-state index in [-0.39, 0.29) is 24.7 Å². The van der Waals surface area contributed by atoms with Crippen molar-refractivity contribution in [3.8, 4) is 5.75 Å². The molecule has 0 aliphatic carbocycles. The topological polar surface area (TPSA) is 58.7 Å². The molecule has 0 atom stereocenters. The number of methoxy groups -OCH3 is 1. The van der Waals surface area contributed by atoms with Crippen molar-refractivity contribution in [1.82, 2.24) is 4.90 Å². The molecule has 0 heterocycles. The first-order valence-corrected chi connectivity index (χ1v) is 6.46. The SMILES string of the molecule is COc1ccc(C(N)=S)cc1CN(CCO)CC(F)F. The lowest BCUT2D eigenvalue weighted by molar-refractivity contribution is 0.0742. The molecule has 0 spiro atoms. The molecule has 1 rings (SSSR count). The van der Waals surface area contributed by atoms with Crippen LogP contribution in [0, 0.1) is 0 Å². The molecule has 112 valence electrons. The summed E-state index contributed by atoms with van der Waals surface area (Å²) in [5.74, 6) is 0.571. The molecule has 0 aliphatic rings. The molecule has 1 aromatic carbocycles. The first-order valence-electron chi connectivity index (χ1n) is 6.06. The summed E-state index contributed by atoms with van der Waals surface area (Å²) in [6.07, 6.45) is -2.47. The van der Waals surface area contributed by atoms with Crippen molar-refractivity contribution in [2.75, 3.05) is 26.8 Å². The Labute approximate surface area is 122 Å². The summed E-state index contributed by atoms with van der Waals surface area (Å²) in [5, 5.41) is 8.94. The lowest BCUT2D eigenvalue weighted by Crippen LogP contribution is -2.31. The average molecular weight is 304 g/mol. The molecule has 0 fully saturated rings. The first-order chi connectivity index (χ1) is 9.47. The number of nitrogens with zero attached hydrogens (tertiary/aromatic N) is 1. The van der Waals surface area contributed by atoms with Gasteiger partial charge >= 0.3 is 0 Å². The zero-order valence-corrected chi connectivity index (χ0v) is 12.0. The van der Waals surface area contributed by atoms with E-state index in [9.17, 15) is 8.78 Å². The van der Waals surface area contributed by atoms with Gasteiger partial charge in [0.25, 0.3) is 6.43 Å². The van der Waals surface area contributed by atoms with Crippen molar-refractivity contribution >= 4 is 17.2 Å². The molecule has 0 saturated heterocycles. The fourth-order valence-corrected chi connectivity index (χ4v) is 1.99. The van der Waals surface area contributed by atoms with E-state index in [0.29, 0.717) is 16.9 Å². The Hall–Kier alpha value is -1.31. The number of ether oxygens (including phenoxy) is 1. The molecular weight excluding hydrogens is 286 g/mol. The van der Waals surface area contributed by atoms with E-state index >= 15 is 0 Å². The van der Waals surface area contributed by atoms with Gasteiger partial charge in [0.05, 0.1) is 20.3 Å². The number of hydrogen-bond acceptors (Lipinski definition) is 4. The van der Waals surface area contributed by atoms with E-state index in [4.69, 9.17) is 27.8 Å². The second-order valence-electron chi connectivity index (χ2n) is 4.24. The van der Waals surface area contributed by atoms with Crippen LogP contribution >= 0.6 is 12.2 Å². The third kappa shape index (κ3) is 4.99. The normalized spacial score (nSPS) is 11.1. The van der Waals surface area contributed by atoms with Crippen LogP contribution in [0.3, 0.4) is 0 Å². The van der Waals surface area contributed by atoms with Crippen molar-refractivity contribution in [1.29, 1.82) is 0 Å². The molecule has 3 N–H and O–H groups in total. The number of halogens is 2. The van der Waals surface area contributed by atoms with E-state index in [2.05, 4.69) is 0 Å². The van der Waals surface area contributed by atoms with Gasteiger partial charge in [-0.2, -0.15) is 0 Å². The smallest absolute Gasteiger partial charge is 0.251 e. The number of benzene rings is 1. The van der Waals surface area contributed by atoms with Gasteiger partial charge in [-0.3, -0.25) is 4.90 Å². The minimum Gasteiger partial charge on any atom is -0.496 e. The minimum absolute atomic E-state index is 0.158. The summed E-state index contributed by atoms with van der Waals surface area (Å²) in [6.45, 7) is -0.222. The van der Waals surface area contributed by atoms with Crippen LogP contribution in [0.15, 0.2) is 18.2 Å². The third-order valence-electron chi connectivity index (χ3n) is 2.77. The van der Waals surface area contributed by atoms with Crippen LogP contribution in [0.2, 0.25) is 0 Å². The maximum atomic E-state index is 12.5. The van der Waals surface area contributed by atoms with Gasteiger partial charge in [-0.25, -0.2) is 8.78 Å². The zero-order valence-electron chi connectivity index (χ0n) is 11.2. The van der Waals surface area contributed by atoms with E-state index in [1.165, 1.54) is 12.0 Å². The maximum Gasteiger partial charge on any atom is 0.251 e. The molecule has 20 heavy (non-hydrogen) atoms. The summed E-state index contributed by atoms with van der Waals surface area (Å²) in [5.41, 5.74) is 6.91. The summed E-state index contributed by atoms with van der Waals surface area (Å²) in [7, 11) is 1.50. The van der Waals surface area contributed by atoms with Crippen molar-refractivity contribution in [3.63, 3.8) is 0 Å². The molecule has 4 nitrogen and oxygen atoms in total. The molecule has 0 unspecified atom stereocenters. The number of alkyl halides is 2. The highest BCUT2D eigenvalue weighted by atomic mass is 32.1. The standard InChI is InChI=1S/C13H18F2N2O2S/c1-19-11-3-2-9(13(16)20)6-10(11)7-17(4-5-18)8-12(14)15/h2-3,6,12,18H,4-5,7-8H2,1H3,(H2,16,20). The molecule has 0 aromatic heterocycles. The number of hydrogen-bond donors (Lipinski definition) is 2. The van der Waals surface area contributed by atoms with Gasteiger partial charge in [0.1, 0.15) is 10.7 Å². The van der Waals surface area contributed by atoms with Gasteiger partial charge in [0.2, 0.25) is 0 Å². The Morgan fingerprint density at radius 3 is 2.70 bits per heavy atom. The Kier molecular flexibility index (Phi) is 6.77. The highest BCUT2D eigenvalue weighted by Crippen LogP contribution is 2.22. The minimum atomic E-state index is -2.47. The van der Waals surface area contributed by atoms with Crippen molar-refractivity contribution < 1.29 is 18.6 Å². The van der Waals surface area contributed by atoms with E-state index in [0.717, 1.165) is 0 Å². The molecule has 0 amide bonds. The Morgan fingerprint density at radius 2 is 2.20 bits per heavy atom. The zero-order chi connectivity index (χ0) is 15.1. The van der Waals surface area contributed by atoms with Crippen LogP contribution in [0.5, 0.6) is 5.75 Å². The van der Waals surface area contributed by atoms with E-state index in [1.807, 2.05) is 0 Å². The fourth-order valence-electron chi connectivity index (χ4n) is 1.87. The van der Waals surface area contributed by atoms with Gasteiger partial charge in [-0.05, 0) is 18.2 Å². The van der Waals surface area contributed by atoms with Crippen LogP contribution in [-0.4, -0.2) is 48.2 Å². The van der Waals surface area contributed by atoms with Gasteiger partial charge < -0.3 is 15.6 Å². The van der Waals surface area contributed by atoms with Crippen molar-refractivity contribution in [2.45, 2.75) is 13.0 Å². The number of thiocarbonyl (C=S) groups is 1. The molecule has 0 bridgehead atoms. The van der Waals surface area contributed by atoms with E-state index < -0.39 is 13.0 Å². The molecular formula is C13H18F2N2O2S. The average Bonchev–Trinajstić information content (AvgIpc) is 2.38. The first kappa shape index (κ1) is 16.7. The summed E-state index contributed by atoms with van der Waals surface area (Å²) >= 11 is 4.90. The van der Waals surface area contributed by atoms with Gasteiger partial charge in [-0.15, -0.1) is 0 Å². The number of nitrogens with two attached hydrogens (primary N) is 1. The van der Waals surface area contributed by atoms with Gasteiger partial charge in [0.15, 0.2) is 0 Å². The molecule has 1 aromatic rings. The van der Waals surface area contributed by atoms with Crippen LogP contribution < -0.4 is 10.5 Å². The largest absolute Gasteiger partial charge is 0.496 e. The van der Waals surface area contributed by atoms with Crippen LogP contribution in [-0.2, 0) is 6.54 Å². The third-order valence-corrected chi connectivity index (χ3v) is 3.01. The fraction of sp³-hybridized carbons (Fsp3) is 0.462. The maximum absolute atomic E-state index is 12.5. The van der Waals surface area contributed by atoms with Crippen LogP contribution in [0.1, 0.15) is 11.1 Å². The Bertz CT molecular complexity index is 458. The Morgan fingerprint density at radius 1 is 1.50 bits per heavy atom. The second kappa shape index (κ2) is 8.08.